The lowest BCUT2D eigenvalue weighted by molar-refractivity contribution is -0.255. The summed E-state index contributed by atoms with van der Waals surface area (Å²) in [5.41, 5.74) is 0.481. The first-order valence-electron chi connectivity index (χ1n) is 6.35. The van der Waals surface area contributed by atoms with Gasteiger partial charge in [-0.25, -0.2) is 0 Å². The van der Waals surface area contributed by atoms with Crippen LogP contribution in [0.3, 0.4) is 0 Å². The molecule has 1 aliphatic rings. The number of rotatable bonds is 2. The molecule has 2 amide bonds. The van der Waals surface area contributed by atoms with Crippen molar-refractivity contribution in [2.24, 2.45) is 0 Å². The second-order valence-corrected chi connectivity index (χ2v) is 4.66. The molecule has 0 unspecified atom stereocenters. The van der Waals surface area contributed by atoms with Crippen molar-refractivity contribution in [3.63, 3.8) is 0 Å². The average molecular weight is 275 g/mol. The first-order valence-corrected chi connectivity index (χ1v) is 6.35. The lowest BCUT2D eigenvalue weighted by Gasteiger charge is -2.34. The number of carbonyl (C=O) groups is 3. The van der Waals surface area contributed by atoms with Gasteiger partial charge in [-0.1, -0.05) is 12.1 Å². The molecule has 6 heteroatoms. The SMILES string of the molecule is CC(=O)N1CCN(C(=O)c2ccc(C(=O)[O-])cc2)CC1. The molecule has 0 bridgehead atoms. The summed E-state index contributed by atoms with van der Waals surface area (Å²) in [6.45, 7) is 3.54. The Morgan fingerprint density at radius 3 is 1.80 bits per heavy atom. The fraction of sp³-hybridized carbons (Fsp3) is 0.357. The maximum atomic E-state index is 12.2. The number of carbonyl (C=O) groups excluding carboxylic acids is 3. The first-order chi connectivity index (χ1) is 9.49. The molecule has 0 radical (unpaired) electrons. The van der Waals surface area contributed by atoms with Gasteiger partial charge in [-0.15, -0.1) is 0 Å². The molecule has 0 spiro atoms. The molecule has 1 fully saturated rings. The van der Waals surface area contributed by atoms with Crippen molar-refractivity contribution in [1.29, 1.82) is 0 Å². The third-order valence-electron chi connectivity index (χ3n) is 3.38. The molecule has 1 aromatic rings. The largest absolute Gasteiger partial charge is 0.545 e. The van der Waals surface area contributed by atoms with E-state index in [2.05, 4.69) is 0 Å². The molecule has 1 heterocycles. The summed E-state index contributed by atoms with van der Waals surface area (Å²) in [7, 11) is 0. The van der Waals surface area contributed by atoms with Gasteiger partial charge >= 0.3 is 0 Å². The Morgan fingerprint density at radius 2 is 1.35 bits per heavy atom. The normalized spacial score (nSPS) is 15.1. The van der Waals surface area contributed by atoms with Crippen LogP contribution >= 0.6 is 0 Å². The van der Waals surface area contributed by atoms with Gasteiger partial charge in [0.05, 0.1) is 5.97 Å². The van der Waals surface area contributed by atoms with Crippen LogP contribution in [0.25, 0.3) is 0 Å². The number of hydrogen-bond acceptors (Lipinski definition) is 4. The smallest absolute Gasteiger partial charge is 0.253 e. The van der Waals surface area contributed by atoms with Gasteiger partial charge in [-0.05, 0) is 17.7 Å². The predicted molar refractivity (Wildman–Crippen MR) is 68.9 cm³/mol. The topological polar surface area (TPSA) is 80.8 Å². The van der Waals surface area contributed by atoms with Crippen LogP contribution in [0.2, 0.25) is 0 Å². The highest BCUT2D eigenvalue weighted by Crippen LogP contribution is 2.10. The van der Waals surface area contributed by atoms with Crippen LogP contribution in [0, 0.1) is 0 Å². The maximum Gasteiger partial charge on any atom is 0.253 e. The van der Waals surface area contributed by atoms with Gasteiger partial charge in [-0.3, -0.25) is 9.59 Å². The minimum Gasteiger partial charge on any atom is -0.545 e. The van der Waals surface area contributed by atoms with E-state index in [1.165, 1.54) is 31.2 Å². The van der Waals surface area contributed by atoms with E-state index in [0.717, 1.165) is 0 Å². The van der Waals surface area contributed by atoms with E-state index in [0.29, 0.717) is 31.7 Å². The van der Waals surface area contributed by atoms with Crippen LogP contribution in [0.4, 0.5) is 0 Å². The summed E-state index contributed by atoms with van der Waals surface area (Å²) in [6.07, 6.45) is 0. The summed E-state index contributed by atoms with van der Waals surface area (Å²) < 4.78 is 0. The van der Waals surface area contributed by atoms with E-state index in [4.69, 9.17) is 0 Å². The van der Waals surface area contributed by atoms with Gasteiger partial charge in [0.2, 0.25) is 5.91 Å². The Kier molecular flexibility index (Phi) is 4.02. The number of carboxylic acids is 1. The maximum absolute atomic E-state index is 12.2. The van der Waals surface area contributed by atoms with E-state index in [9.17, 15) is 19.5 Å². The van der Waals surface area contributed by atoms with Gasteiger partial charge in [0, 0.05) is 38.7 Å². The Bertz CT molecular complexity index is 531. The van der Waals surface area contributed by atoms with E-state index in [1.807, 2.05) is 0 Å². The minimum absolute atomic E-state index is 0.00964. The molecule has 1 aromatic carbocycles. The van der Waals surface area contributed by atoms with Crippen LogP contribution in [0.1, 0.15) is 27.6 Å². The molecule has 20 heavy (non-hydrogen) atoms. The van der Waals surface area contributed by atoms with Crippen molar-refractivity contribution in [2.45, 2.75) is 6.92 Å². The number of nitrogens with zero attached hydrogens (tertiary/aromatic N) is 2. The Hall–Kier alpha value is -2.37. The number of hydrogen-bond donors (Lipinski definition) is 0. The predicted octanol–water partition coefficient (Wildman–Crippen LogP) is -0.646. The fourth-order valence-electron chi connectivity index (χ4n) is 2.16. The number of piperazine rings is 1. The molecular weight excluding hydrogens is 260 g/mol. The summed E-state index contributed by atoms with van der Waals surface area (Å²) >= 11 is 0. The molecule has 6 nitrogen and oxygen atoms in total. The number of carboxylic acid groups (broad SMARTS) is 1. The van der Waals surface area contributed by atoms with Crippen molar-refractivity contribution < 1.29 is 19.5 Å². The lowest BCUT2D eigenvalue weighted by atomic mass is 10.1. The fourth-order valence-corrected chi connectivity index (χ4v) is 2.16. The third kappa shape index (κ3) is 2.96. The van der Waals surface area contributed by atoms with Crippen LogP contribution < -0.4 is 5.11 Å². The molecule has 106 valence electrons. The highest BCUT2D eigenvalue weighted by molar-refractivity contribution is 5.95. The molecule has 1 saturated heterocycles. The number of amides is 2. The Labute approximate surface area is 116 Å². The summed E-state index contributed by atoms with van der Waals surface area (Å²) in [5.74, 6) is -1.41. The molecule has 0 atom stereocenters. The molecule has 2 rings (SSSR count). The van der Waals surface area contributed by atoms with E-state index < -0.39 is 5.97 Å². The number of aromatic carboxylic acids is 1. The molecule has 0 aromatic heterocycles. The molecule has 1 aliphatic heterocycles. The van der Waals surface area contributed by atoms with Gasteiger partial charge < -0.3 is 19.7 Å². The van der Waals surface area contributed by atoms with Crippen LogP contribution in [-0.4, -0.2) is 53.8 Å². The zero-order valence-electron chi connectivity index (χ0n) is 11.2. The van der Waals surface area contributed by atoms with E-state index in [-0.39, 0.29) is 17.4 Å². The lowest BCUT2D eigenvalue weighted by Crippen LogP contribution is -2.50. The zero-order chi connectivity index (χ0) is 14.7. The van der Waals surface area contributed by atoms with E-state index in [1.54, 1.807) is 9.80 Å². The first kappa shape index (κ1) is 14.0. The van der Waals surface area contributed by atoms with Crippen molar-refractivity contribution >= 4 is 17.8 Å². The average Bonchev–Trinajstić information content (AvgIpc) is 2.46. The highest BCUT2D eigenvalue weighted by atomic mass is 16.4. The summed E-state index contributed by atoms with van der Waals surface area (Å²) in [4.78, 5) is 37.4. The summed E-state index contributed by atoms with van der Waals surface area (Å²) in [5, 5.41) is 10.6. The van der Waals surface area contributed by atoms with Crippen LogP contribution in [0.15, 0.2) is 24.3 Å². The van der Waals surface area contributed by atoms with Gasteiger partial charge in [0.15, 0.2) is 0 Å². The monoisotopic (exact) mass is 275 g/mol. The molecular formula is C14H15N2O4-. The highest BCUT2D eigenvalue weighted by Gasteiger charge is 2.23. The van der Waals surface area contributed by atoms with E-state index >= 15 is 0 Å². The van der Waals surface area contributed by atoms with Gasteiger partial charge in [-0.2, -0.15) is 0 Å². The Balaban J connectivity index is 2.01. The number of benzene rings is 1. The van der Waals surface area contributed by atoms with Crippen LogP contribution in [0.5, 0.6) is 0 Å². The molecule has 0 aliphatic carbocycles. The van der Waals surface area contributed by atoms with Crippen molar-refractivity contribution in [3.8, 4) is 0 Å². The van der Waals surface area contributed by atoms with Gasteiger partial charge in [0.25, 0.3) is 5.91 Å². The summed E-state index contributed by atoms with van der Waals surface area (Å²) in [6, 6.07) is 5.67. The van der Waals surface area contributed by atoms with Crippen LogP contribution in [-0.2, 0) is 4.79 Å². The molecule has 0 N–H and O–H groups in total. The minimum atomic E-state index is -1.26. The quantitative estimate of drug-likeness (QED) is 0.718. The van der Waals surface area contributed by atoms with Crippen molar-refractivity contribution in [1.82, 2.24) is 9.80 Å². The van der Waals surface area contributed by atoms with Gasteiger partial charge in [0.1, 0.15) is 0 Å². The third-order valence-corrected chi connectivity index (χ3v) is 3.38. The van der Waals surface area contributed by atoms with Crippen molar-refractivity contribution in [3.05, 3.63) is 35.4 Å². The second kappa shape index (κ2) is 5.73. The Morgan fingerprint density at radius 1 is 0.900 bits per heavy atom. The standard InChI is InChI=1S/C14H16N2O4/c1-10(17)15-6-8-16(9-7-15)13(18)11-2-4-12(5-3-11)14(19)20/h2-5H,6-9H2,1H3,(H,19,20)/p-1. The molecule has 0 saturated carbocycles. The zero-order valence-corrected chi connectivity index (χ0v) is 11.2. The second-order valence-electron chi connectivity index (χ2n) is 4.66. The van der Waals surface area contributed by atoms with Crippen molar-refractivity contribution in [2.75, 3.05) is 26.2 Å².